The van der Waals surface area contributed by atoms with Crippen molar-refractivity contribution in [3.63, 3.8) is 0 Å². The first-order valence-corrected chi connectivity index (χ1v) is 8.44. The van der Waals surface area contributed by atoms with Gasteiger partial charge in [-0.2, -0.15) is 0 Å². The Morgan fingerprint density at radius 1 is 0.889 bits per heavy atom. The lowest BCUT2D eigenvalue weighted by Crippen LogP contribution is -2.40. The van der Waals surface area contributed by atoms with Crippen molar-refractivity contribution in [1.29, 1.82) is 0 Å². The van der Waals surface area contributed by atoms with Gasteiger partial charge in [0.15, 0.2) is 0 Å². The van der Waals surface area contributed by atoms with Crippen LogP contribution in [-0.4, -0.2) is 6.04 Å². The quantitative estimate of drug-likeness (QED) is 0.718. The minimum absolute atomic E-state index is 0.670. The highest BCUT2D eigenvalue weighted by Crippen LogP contribution is 2.40. The van der Waals surface area contributed by atoms with Crippen molar-refractivity contribution >= 4 is 0 Å². The van der Waals surface area contributed by atoms with Gasteiger partial charge in [-0.15, -0.1) is 0 Å². The summed E-state index contributed by atoms with van der Waals surface area (Å²) in [5.74, 6) is 1.80. The predicted molar refractivity (Wildman–Crippen MR) is 79.3 cm³/mol. The Labute approximate surface area is 114 Å². The molecule has 2 rings (SSSR count). The van der Waals surface area contributed by atoms with E-state index >= 15 is 0 Å². The van der Waals surface area contributed by atoms with Crippen molar-refractivity contribution in [2.24, 2.45) is 11.8 Å². The zero-order valence-electron chi connectivity index (χ0n) is 12.5. The van der Waals surface area contributed by atoms with Gasteiger partial charge in [0, 0.05) is 12.1 Å². The van der Waals surface area contributed by atoms with Crippen LogP contribution in [0.3, 0.4) is 0 Å². The summed E-state index contributed by atoms with van der Waals surface area (Å²) in [5, 5.41) is 3.92. The van der Waals surface area contributed by atoms with Crippen molar-refractivity contribution in [1.82, 2.24) is 5.32 Å². The van der Waals surface area contributed by atoms with Crippen molar-refractivity contribution in [2.45, 2.75) is 90.5 Å². The fraction of sp³-hybridized carbons (Fsp3) is 0.941. The van der Waals surface area contributed by atoms with Gasteiger partial charge in [-0.1, -0.05) is 45.4 Å². The Morgan fingerprint density at radius 2 is 1.33 bits per heavy atom. The van der Waals surface area contributed by atoms with Crippen LogP contribution in [0.25, 0.3) is 0 Å². The SMILES string of the molecule is CCC(C)N[C](C1CCCCC1)C1CCCCC1. The van der Waals surface area contributed by atoms with E-state index in [1.165, 1.54) is 70.6 Å². The molecule has 0 aliphatic heterocycles. The second-order valence-electron chi connectivity index (χ2n) is 6.58. The van der Waals surface area contributed by atoms with Crippen molar-refractivity contribution in [3.05, 3.63) is 6.04 Å². The molecule has 18 heavy (non-hydrogen) atoms. The van der Waals surface area contributed by atoms with Crippen molar-refractivity contribution in [3.8, 4) is 0 Å². The van der Waals surface area contributed by atoms with Gasteiger partial charge in [-0.05, 0) is 50.9 Å². The van der Waals surface area contributed by atoms with Gasteiger partial charge in [0.25, 0.3) is 0 Å². The van der Waals surface area contributed by atoms with E-state index in [4.69, 9.17) is 0 Å². The summed E-state index contributed by atoms with van der Waals surface area (Å²) in [7, 11) is 0. The Balaban J connectivity index is 1.95. The lowest BCUT2D eigenvalue weighted by atomic mass is 9.73. The maximum atomic E-state index is 3.92. The second kappa shape index (κ2) is 7.53. The van der Waals surface area contributed by atoms with Crippen molar-refractivity contribution in [2.75, 3.05) is 0 Å². The normalized spacial score (nSPS) is 25.5. The molecule has 1 radical (unpaired) electrons. The number of nitrogens with one attached hydrogen (secondary N) is 1. The Kier molecular flexibility index (Phi) is 6.01. The first kappa shape index (κ1) is 14.4. The highest BCUT2D eigenvalue weighted by atomic mass is 15.0. The monoisotopic (exact) mass is 250 g/mol. The molecule has 2 aliphatic rings. The van der Waals surface area contributed by atoms with E-state index in [1.807, 2.05) is 0 Å². The van der Waals surface area contributed by atoms with Crippen LogP contribution >= 0.6 is 0 Å². The summed E-state index contributed by atoms with van der Waals surface area (Å²) in [6, 6.07) is 2.44. The van der Waals surface area contributed by atoms with Gasteiger partial charge in [-0.25, -0.2) is 0 Å². The molecule has 2 fully saturated rings. The zero-order chi connectivity index (χ0) is 12.8. The third-order valence-electron chi connectivity index (χ3n) is 5.12. The average molecular weight is 250 g/mol. The van der Waals surface area contributed by atoms with Crippen molar-refractivity contribution < 1.29 is 0 Å². The zero-order valence-corrected chi connectivity index (χ0v) is 12.5. The highest BCUT2D eigenvalue weighted by Gasteiger charge is 2.32. The minimum Gasteiger partial charge on any atom is -0.307 e. The molecule has 0 spiro atoms. The molecular weight excluding hydrogens is 218 g/mol. The largest absolute Gasteiger partial charge is 0.307 e. The molecule has 0 amide bonds. The fourth-order valence-electron chi connectivity index (χ4n) is 3.78. The molecule has 1 N–H and O–H groups in total. The van der Waals surface area contributed by atoms with Crippen LogP contribution in [0.5, 0.6) is 0 Å². The van der Waals surface area contributed by atoms with E-state index in [2.05, 4.69) is 19.2 Å². The van der Waals surface area contributed by atoms with E-state index in [0.29, 0.717) is 6.04 Å². The summed E-state index contributed by atoms with van der Waals surface area (Å²) in [6.07, 6.45) is 15.9. The maximum Gasteiger partial charge on any atom is 0.0428 e. The Bertz CT molecular complexity index is 196. The molecule has 0 aromatic rings. The summed E-state index contributed by atoms with van der Waals surface area (Å²) in [5.41, 5.74) is 0. The van der Waals surface area contributed by atoms with E-state index < -0.39 is 0 Å². The standard InChI is InChI=1S/C17H32N/c1-3-14(2)18-17(15-10-6-4-7-11-15)16-12-8-5-9-13-16/h14-16,18H,3-13H2,1-2H3. The molecule has 105 valence electrons. The molecule has 1 heteroatoms. The van der Waals surface area contributed by atoms with Crippen LogP contribution in [0, 0.1) is 17.9 Å². The van der Waals surface area contributed by atoms with Crippen LogP contribution < -0.4 is 5.32 Å². The fourth-order valence-corrected chi connectivity index (χ4v) is 3.78. The van der Waals surface area contributed by atoms with Gasteiger partial charge >= 0.3 is 0 Å². The van der Waals surface area contributed by atoms with Crippen LogP contribution in [-0.2, 0) is 0 Å². The van der Waals surface area contributed by atoms with E-state index in [0.717, 1.165) is 11.8 Å². The number of rotatable bonds is 5. The lowest BCUT2D eigenvalue weighted by Gasteiger charge is -2.39. The first-order valence-electron chi connectivity index (χ1n) is 8.44. The molecule has 0 aromatic heterocycles. The second-order valence-corrected chi connectivity index (χ2v) is 6.58. The third kappa shape index (κ3) is 3.98. The Morgan fingerprint density at radius 3 is 1.72 bits per heavy atom. The molecule has 1 atom stereocenters. The minimum atomic E-state index is 0.670. The average Bonchev–Trinajstić information content (AvgIpc) is 2.46. The van der Waals surface area contributed by atoms with Gasteiger partial charge in [0.05, 0.1) is 0 Å². The molecule has 0 saturated heterocycles. The van der Waals surface area contributed by atoms with Gasteiger partial charge in [-0.3, -0.25) is 0 Å². The van der Waals surface area contributed by atoms with Crippen LogP contribution in [0.4, 0.5) is 0 Å². The van der Waals surface area contributed by atoms with Crippen LogP contribution in [0.15, 0.2) is 0 Å². The molecule has 0 bridgehead atoms. The molecule has 2 saturated carbocycles. The number of hydrogen-bond acceptors (Lipinski definition) is 1. The smallest absolute Gasteiger partial charge is 0.0428 e. The summed E-state index contributed by atoms with van der Waals surface area (Å²) < 4.78 is 0. The lowest BCUT2D eigenvalue weighted by molar-refractivity contribution is 0.238. The molecule has 1 nitrogen and oxygen atoms in total. The number of hydrogen-bond donors (Lipinski definition) is 1. The van der Waals surface area contributed by atoms with E-state index in [1.54, 1.807) is 6.04 Å². The third-order valence-corrected chi connectivity index (χ3v) is 5.12. The topological polar surface area (TPSA) is 12.0 Å². The molecule has 2 aliphatic carbocycles. The molecule has 1 unspecified atom stereocenters. The van der Waals surface area contributed by atoms with E-state index in [-0.39, 0.29) is 0 Å². The van der Waals surface area contributed by atoms with Crippen LogP contribution in [0.2, 0.25) is 0 Å². The van der Waals surface area contributed by atoms with E-state index in [9.17, 15) is 0 Å². The molecular formula is C17H32N. The predicted octanol–water partition coefficient (Wildman–Crippen LogP) is 5.07. The molecule has 0 aromatic carbocycles. The summed E-state index contributed by atoms with van der Waals surface area (Å²) in [6.45, 7) is 4.66. The summed E-state index contributed by atoms with van der Waals surface area (Å²) >= 11 is 0. The molecule has 0 heterocycles. The summed E-state index contributed by atoms with van der Waals surface area (Å²) in [4.78, 5) is 0. The Hall–Kier alpha value is -0.0400. The van der Waals surface area contributed by atoms with Gasteiger partial charge < -0.3 is 5.32 Å². The van der Waals surface area contributed by atoms with Crippen LogP contribution in [0.1, 0.15) is 84.5 Å². The maximum absolute atomic E-state index is 3.92. The first-order chi connectivity index (χ1) is 8.81. The highest BCUT2D eigenvalue weighted by molar-refractivity contribution is 5.02. The van der Waals surface area contributed by atoms with Gasteiger partial charge in [0.2, 0.25) is 0 Å². The van der Waals surface area contributed by atoms with Gasteiger partial charge in [0.1, 0.15) is 0 Å².